The van der Waals surface area contributed by atoms with Crippen molar-refractivity contribution in [2.45, 2.75) is 0 Å². The van der Waals surface area contributed by atoms with Crippen LogP contribution in [0.5, 0.6) is 0 Å². The van der Waals surface area contributed by atoms with E-state index in [1.807, 2.05) is 23.1 Å². The Bertz CT molecular complexity index is 687. The van der Waals surface area contributed by atoms with Crippen molar-refractivity contribution < 1.29 is 4.92 Å². The Kier molecular flexibility index (Phi) is 4.18. The number of nitrogens with one attached hydrogen (secondary N) is 1. The SMILES string of the molecule is CNc1ncnc(N2CCN(c3ccccn3)CC2)c1[N+](=O)[O-]. The molecule has 2 aromatic rings. The maximum absolute atomic E-state index is 11.4. The molecule has 120 valence electrons. The average molecular weight is 315 g/mol. The first kappa shape index (κ1) is 14.9. The molecule has 1 aliphatic rings. The first-order valence-corrected chi connectivity index (χ1v) is 7.28. The zero-order valence-electron chi connectivity index (χ0n) is 12.7. The minimum atomic E-state index is -0.438. The van der Waals surface area contributed by atoms with Gasteiger partial charge in [0.05, 0.1) is 4.92 Å². The van der Waals surface area contributed by atoms with Crippen LogP contribution in [0.3, 0.4) is 0 Å². The van der Waals surface area contributed by atoms with Gasteiger partial charge in [-0.25, -0.2) is 15.0 Å². The predicted molar refractivity (Wildman–Crippen MR) is 86.9 cm³/mol. The van der Waals surface area contributed by atoms with Crippen LogP contribution in [0.1, 0.15) is 0 Å². The third-order valence-electron chi connectivity index (χ3n) is 3.77. The molecule has 0 bridgehead atoms. The Morgan fingerprint density at radius 2 is 1.87 bits per heavy atom. The van der Waals surface area contributed by atoms with Gasteiger partial charge in [-0.3, -0.25) is 10.1 Å². The predicted octanol–water partition coefficient (Wildman–Crippen LogP) is 1.15. The molecule has 3 rings (SSSR count). The van der Waals surface area contributed by atoms with Gasteiger partial charge in [-0.15, -0.1) is 0 Å². The summed E-state index contributed by atoms with van der Waals surface area (Å²) in [6, 6.07) is 5.79. The molecule has 0 aromatic carbocycles. The van der Waals surface area contributed by atoms with E-state index < -0.39 is 4.92 Å². The Balaban J connectivity index is 1.79. The summed E-state index contributed by atoms with van der Waals surface area (Å²) in [6.45, 7) is 2.73. The van der Waals surface area contributed by atoms with E-state index in [1.54, 1.807) is 13.2 Å². The van der Waals surface area contributed by atoms with Crippen molar-refractivity contribution in [2.24, 2.45) is 0 Å². The highest BCUT2D eigenvalue weighted by atomic mass is 16.6. The van der Waals surface area contributed by atoms with E-state index in [2.05, 4.69) is 25.2 Å². The third kappa shape index (κ3) is 2.98. The zero-order valence-corrected chi connectivity index (χ0v) is 12.7. The van der Waals surface area contributed by atoms with Crippen molar-refractivity contribution in [3.63, 3.8) is 0 Å². The number of anilines is 3. The first-order chi connectivity index (χ1) is 11.2. The highest BCUT2D eigenvalue weighted by Crippen LogP contribution is 2.32. The Morgan fingerprint density at radius 1 is 1.13 bits per heavy atom. The van der Waals surface area contributed by atoms with Gasteiger partial charge in [0.15, 0.2) is 0 Å². The number of piperazine rings is 1. The van der Waals surface area contributed by atoms with Crippen molar-refractivity contribution in [1.29, 1.82) is 0 Å². The summed E-state index contributed by atoms with van der Waals surface area (Å²) in [6.07, 6.45) is 3.11. The van der Waals surface area contributed by atoms with Crippen LogP contribution in [-0.4, -0.2) is 53.1 Å². The lowest BCUT2D eigenvalue weighted by atomic mass is 10.3. The van der Waals surface area contributed by atoms with Crippen LogP contribution in [0.15, 0.2) is 30.7 Å². The van der Waals surface area contributed by atoms with Crippen molar-refractivity contribution >= 4 is 23.1 Å². The van der Waals surface area contributed by atoms with Crippen LogP contribution in [-0.2, 0) is 0 Å². The Hall–Kier alpha value is -2.97. The second kappa shape index (κ2) is 6.42. The molecule has 0 atom stereocenters. The molecule has 0 unspecified atom stereocenters. The minimum absolute atomic E-state index is 0.0821. The zero-order chi connectivity index (χ0) is 16.2. The van der Waals surface area contributed by atoms with Crippen molar-refractivity contribution in [3.05, 3.63) is 40.8 Å². The normalized spacial score (nSPS) is 14.7. The maximum atomic E-state index is 11.4. The summed E-state index contributed by atoms with van der Waals surface area (Å²) < 4.78 is 0. The van der Waals surface area contributed by atoms with Gasteiger partial charge in [-0.1, -0.05) is 6.07 Å². The second-order valence-electron chi connectivity index (χ2n) is 5.06. The van der Waals surface area contributed by atoms with Crippen LogP contribution in [0.4, 0.5) is 23.1 Å². The monoisotopic (exact) mass is 315 g/mol. The van der Waals surface area contributed by atoms with E-state index in [4.69, 9.17) is 0 Å². The van der Waals surface area contributed by atoms with Crippen LogP contribution in [0, 0.1) is 10.1 Å². The van der Waals surface area contributed by atoms with Gasteiger partial charge in [-0.05, 0) is 12.1 Å². The van der Waals surface area contributed by atoms with Crippen LogP contribution in [0.25, 0.3) is 0 Å². The number of hydrogen-bond donors (Lipinski definition) is 1. The van der Waals surface area contributed by atoms with Gasteiger partial charge in [0.1, 0.15) is 12.1 Å². The van der Waals surface area contributed by atoms with E-state index in [1.165, 1.54) is 6.33 Å². The molecule has 9 nitrogen and oxygen atoms in total. The number of pyridine rings is 1. The van der Waals surface area contributed by atoms with Crippen LogP contribution >= 0.6 is 0 Å². The topological polar surface area (TPSA) is 100 Å². The smallest absolute Gasteiger partial charge is 0.353 e. The molecule has 0 radical (unpaired) electrons. The van der Waals surface area contributed by atoms with Gasteiger partial charge >= 0.3 is 5.69 Å². The van der Waals surface area contributed by atoms with E-state index in [-0.39, 0.29) is 11.5 Å². The largest absolute Gasteiger partial charge is 0.367 e. The molecule has 3 heterocycles. The number of hydrogen-bond acceptors (Lipinski definition) is 8. The highest BCUT2D eigenvalue weighted by Gasteiger charge is 2.28. The minimum Gasteiger partial charge on any atom is -0.367 e. The summed E-state index contributed by atoms with van der Waals surface area (Å²) in [5, 5.41) is 14.1. The first-order valence-electron chi connectivity index (χ1n) is 7.28. The molecule has 0 spiro atoms. The molecule has 0 saturated carbocycles. The van der Waals surface area contributed by atoms with E-state index in [0.29, 0.717) is 18.9 Å². The Labute approximate surface area is 133 Å². The number of nitro groups is 1. The van der Waals surface area contributed by atoms with Gasteiger partial charge in [0, 0.05) is 39.4 Å². The lowest BCUT2D eigenvalue weighted by Gasteiger charge is -2.35. The molecule has 2 aromatic heterocycles. The van der Waals surface area contributed by atoms with Gasteiger partial charge in [-0.2, -0.15) is 0 Å². The fourth-order valence-corrected chi connectivity index (χ4v) is 2.64. The fraction of sp³-hybridized carbons (Fsp3) is 0.357. The molecule has 0 aliphatic carbocycles. The highest BCUT2D eigenvalue weighted by molar-refractivity contribution is 5.70. The standard InChI is InChI=1S/C14H17N7O2/c1-15-13-12(21(22)23)14(18-10-17-13)20-8-6-19(7-9-20)11-4-2-3-5-16-11/h2-5,10H,6-9H2,1H3,(H,15,17,18). The van der Waals surface area contributed by atoms with Crippen molar-refractivity contribution in [2.75, 3.05) is 48.3 Å². The van der Waals surface area contributed by atoms with Crippen LogP contribution in [0.2, 0.25) is 0 Å². The number of aromatic nitrogens is 3. The lowest BCUT2D eigenvalue weighted by Crippen LogP contribution is -2.47. The van der Waals surface area contributed by atoms with Crippen LogP contribution < -0.4 is 15.1 Å². The molecule has 1 fully saturated rings. The molecule has 1 saturated heterocycles. The van der Waals surface area contributed by atoms with E-state index in [0.717, 1.165) is 18.9 Å². The summed E-state index contributed by atoms with van der Waals surface area (Å²) in [4.78, 5) is 27.4. The summed E-state index contributed by atoms with van der Waals surface area (Å²) in [5.74, 6) is 1.50. The average Bonchev–Trinajstić information content (AvgIpc) is 2.61. The molecular formula is C14H17N7O2. The summed E-state index contributed by atoms with van der Waals surface area (Å²) in [5.41, 5.74) is -0.0821. The summed E-state index contributed by atoms with van der Waals surface area (Å²) in [7, 11) is 1.61. The molecular weight excluding hydrogens is 298 g/mol. The van der Waals surface area contributed by atoms with Crippen molar-refractivity contribution in [3.8, 4) is 0 Å². The lowest BCUT2D eigenvalue weighted by molar-refractivity contribution is -0.383. The molecule has 0 amide bonds. The number of nitrogens with zero attached hydrogens (tertiary/aromatic N) is 6. The molecule has 23 heavy (non-hydrogen) atoms. The Morgan fingerprint density at radius 3 is 2.48 bits per heavy atom. The molecule has 1 N–H and O–H groups in total. The quantitative estimate of drug-likeness (QED) is 0.662. The van der Waals surface area contributed by atoms with Crippen molar-refractivity contribution in [1.82, 2.24) is 15.0 Å². The van der Waals surface area contributed by atoms with E-state index in [9.17, 15) is 10.1 Å². The second-order valence-corrected chi connectivity index (χ2v) is 5.06. The third-order valence-corrected chi connectivity index (χ3v) is 3.77. The molecule has 1 aliphatic heterocycles. The van der Waals surface area contributed by atoms with E-state index >= 15 is 0 Å². The fourth-order valence-electron chi connectivity index (χ4n) is 2.64. The van der Waals surface area contributed by atoms with Gasteiger partial charge < -0.3 is 15.1 Å². The van der Waals surface area contributed by atoms with Gasteiger partial charge in [0.25, 0.3) is 0 Å². The van der Waals surface area contributed by atoms with Gasteiger partial charge in [0.2, 0.25) is 11.6 Å². The molecule has 9 heteroatoms. The number of rotatable bonds is 4. The maximum Gasteiger partial charge on any atom is 0.353 e. The summed E-state index contributed by atoms with van der Waals surface area (Å²) >= 11 is 0.